The van der Waals surface area contributed by atoms with Crippen molar-refractivity contribution < 1.29 is 19.1 Å². The molecular weight excluding hydrogens is 330 g/mol. The van der Waals surface area contributed by atoms with Gasteiger partial charge in [-0.3, -0.25) is 4.79 Å². The highest BCUT2D eigenvalue weighted by atomic mass is 16.4. The van der Waals surface area contributed by atoms with Crippen molar-refractivity contribution in [1.29, 1.82) is 0 Å². The molecule has 0 aliphatic rings. The number of carboxylic acids is 1. The van der Waals surface area contributed by atoms with Crippen LogP contribution in [0.5, 0.6) is 0 Å². The zero-order valence-corrected chi connectivity index (χ0v) is 14.1. The number of carbonyl (C=O) groups is 2. The van der Waals surface area contributed by atoms with E-state index in [4.69, 9.17) is 4.42 Å². The minimum Gasteiger partial charge on any atom is -0.477 e. The number of nitrogens with one attached hydrogen (secondary N) is 1. The molecule has 0 atom stereocenters. The van der Waals surface area contributed by atoms with Gasteiger partial charge in [-0.05, 0) is 31.2 Å². The summed E-state index contributed by atoms with van der Waals surface area (Å²) in [7, 11) is 0. The lowest BCUT2D eigenvalue weighted by Crippen LogP contribution is -2.27. The van der Waals surface area contributed by atoms with Crippen molar-refractivity contribution in [2.75, 3.05) is 0 Å². The molecule has 0 fully saturated rings. The van der Waals surface area contributed by atoms with E-state index in [2.05, 4.69) is 5.32 Å². The van der Waals surface area contributed by atoms with Gasteiger partial charge in [-0.15, -0.1) is 0 Å². The van der Waals surface area contributed by atoms with Crippen LogP contribution in [0.25, 0.3) is 17.4 Å². The molecule has 0 radical (unpaired) electrons. The maximum absolute atomic E-state index is 12.3. The number of hydrogen-bond acceptors (Lipinski definition) is 3. The maximum atomic E-state index is 12.3. The van der Waals surface area contributed by atoms with Crippen molar-refractivity contribution in [2.45, 2.75) is 6.92 Å². The molecule has 2 N–H and O–H groups in total. The molecule has 0 unspecified atom stereocenters. The van der Waals surface area contributed by atoms with Gasteiger partial charge in [-0.1, -0.05) is 48.0 Å². The Bertz CT molecular complexity index is 970. The molecular formula is C21H17NO4. The van der Waals surface area contributed by atoms with Crippen molar-refractivity contribution in [3.05, 3.63) is 89.3 Å². The van der Waals surface area contributed by atoms with Gasteiger partial charge in [0.25, 0.3) is 5.91 Å². The number of aliphatic carboxylic acids is 1. The fourth-order valence-corrected chi connectivity index (χ4v) is 2.46. The molecule has 1 aromatic heterocycles. The smallest absolute Gasteiger partial charge is 0.352 e. The summed E-state index contributed by atoms with van der Waals surface area (Å²) in [5, 5.41) is 11.8. The van der Waals surface area contributed by atoms with Crippen molar-refractivity contribution >= 4 is 18.0 Å². The molecule has 130 valence electrons. The van der Waals surface area contributed by atoms with Gasteiger partial charge >= 0.3 is 5.97 Å². The second kappa shape index (κ2) is 7.53. The number of amides is 1. The van der Waals surface area contributed by atoms with Gasteiger partial charge < -0.3 is 14.8 Å². The van der Waals surface area contributed by atoms with Crippen LogP contribution in [-0.2, 0) is 4.79 Å². The van der Waals surface area contributed by atoms with Gasteiger partial charge in [0.15, 0.2) is 0 Å². The van der Waals surface area contributed by atoms with E-state index in [1.165, 1.54) is 6.08 Å². The first-order valence-corrected chi connectivity index (χ1v) is 8.01. The summed E-state index contributed by atoms with van der Waals surface area (Å²) < 4.78 is 5.67. The second-order valence-corrected chi connectivity index (χ2v) is 5.75. The maximum Gasteiger partial charge on any atom is 0.352 e. The summed E-state index contributed by atoms with van der Waals surface area (Å²) in [6.07, 6.45) is 1.29. The minimum absolute atomic E-state index is 0.259. The van der Waals surface area contributed by atoms with Crippen molar-refractivity contribution in [3.8, 4) is 11.3 Å². The fourth-order valence-electron chi connectivity index (χ4n) is 2.46. The van der Waals surface area contributed by atoms with E-state index in [0.29, 0.717) is 17.1 Å². The average molecular weight is 347 g/mol. The quantitative estimate of drug-likeness (QED) is 0.681. The van der Waals surface area contributed by atoms with E-state index in [1.54, 1.807) is 30.3 Å². The number of furan rings is 1. The first-order valence-electron chi connectivity index (χ1n) is 8.01. The van der Waals surface area contributed by atoms with Crippen molar-refractivity contribution in [3.63, 3.8) is 0 Å². The van der Waals surface area contributed by atoms with E-state index in [1.807, 2.05) is 43.3 Å². The summed E-state index contributed by atoms with van der Waals surface area (Å²) in [4.78, 5) is 23.8. The highest BCUT2D eigenvalue weighted by Crippen LogP contribution is 2.23. The Labute approximate surface area is 150 Å². The van der Waals surface area contributed by atoms with E-state index in [0.717, 1.165) is 11.1 Å². The monoisotopic (exact) mass is 347 g/mol. The van der Waals surface area contributed by atoms with Gasteiger partial charge in [0.1, 0.15) is 17.2 Å². The molecule has 0 bridgehead atoms. The molecule has 3 rings (SSSR count). The Balaban J connectivity index is 1.83. The third-order valence-corrected chi connectivity index (χ3v) is 3.73. The normalized spacial score (nSPS) is 11.2. The van der Waals surface area contributed by atoms with Crippen molar-refractivity contribution in [1.82, 2.24) is 5.32 Å². The van der Waals surface area contributed by atoms with Gasteiger partial charge in [0.05, 0.1) is 0 Å². The minimum atomic E-state index is -1.25. The molecule has 26 heavy (non-hydrogen) atoms. The molecule has 0 aliphatic heterocycles. The number of rotatable bonds is 5. The van der Waals surface area contributed by atoms with Gasteiger partial charge in [-0.2, -0.15) is 0 Å². The van der Waals surface area contributed by atoms with Crippen LogP contribution in [0.15, 0.2) is 76.8 Å². The SMILES string of the molecule is Cc1cccc(C(=O)N/C(=C/c2ccc(-c3ccccc3)o2)C(=O)O)c1. The standard InChI is InChI=1S/C21H17NO4/c1-14-6-5-9-16(12-14)20(23)22-18(21(24)25)13-17-10-11-19(26-17)15-7-3-2-4-8-15/h2-13H,1H3,(H,22,23)(H,24,25)/b18-13+. The molecule has 0 aliphatic carbocycles. The lowest BCUT2D eigenvalue weighted by molar-refractivity contribution is -0.132. The first-order chi connectivity index (χ1) is 12.5. The lowest BCUT2D eigenvalue weighted by atomic mass is 10.1. The molecule has 2 aromatic carbocycles. The van der Waals surface area contributed by atoms with Crippen LogP contribution >= 0.6 is 0 Å². The summed E-state index contributed by atoms with van der Waals surface area (Å²) >= 11 is 0. The molecule has 0 saturated carbocycles. The summed E-state index contributed by atoms with van der Waals surface area (Å²) in [5.41, 5.74) is 1.93. The summed E-state index contributed by atoms with van der Waals surface area (Å²) in [5.74, 6) is -0.779. The summed E-state index contributed by atoms with van der Waals surface area (Å²) in [6.45, 7) is 1.86. The predicted molar refractivity (Wildman–Crippen MR) is 98.4 cm³/mol. The number of carboxylic acid groups (broad SMARTS) is 1. The number of hydrogen-bond donors (Lipinski definition) is 2. The molecule has 5 nitrogen and oxygen atoms in total. The number of aryl methyl sites for hydroxylation is 1. The Hall–Kier alpha value is -3.60. The first kappa shape index (κ1) is 17.2. The highest BCUT2D eigenvalue weighted by Gasteiger charge is 2.14. The van der Waals surface area contributed by atoms with Gasteiger partial charge in [0, 0.05) is 17.2 Å². The molecule has 1 amide bonds. The largest absolute Gasteiger partial charge is 0.477 e. The van der Waals surface area contributed by atoms with E-state index >= 15 is 0 Å². The van der Waals surface area contributed by atoms with Crippen LogP contribution in [0.4, 0.5) is 0 Å². The van der Waals surface area contributed by atoms with Crippen LogP contribution in [0, 0.1) is 6.92 Å². The number of benzene rings is 2. The molecule has 1 heterocycles. The molecule has 0 saturated heterocycles. The third-order valence-electron chi connectivity index (χ3n) is 3.73. The highest BCUT2D eigenvalue weighted by molar-refractivity contribution is 6.02. The third kappa shape index (κ3) is 4.08. The van der Waals surface area contributed by atoms with Gasteiger partial charge in [-0.25, -0.2) is 4.79 Å². The number of carbonyl (C=O) groups excluding carboxylic acids is 1. The molecule has 3 aromatic rings. The van der Waals surface area contributed by atoms with Crippen molar-refractivity contribution in [2.24, 2.45) is 0 Å². The Kier molecular flexibility index (Phi) is 4.99. The van der Waals surface area contributed by atoms with Gasteiger partial charge in [0.2, 0.25) is 0 Å². The predicted octanol–water partition coefficient (Wildman–Crippen LogP) is 4.11. The second-order valence-electron chi connectivity index (χ2n) is 5.75. The Morgan fingerprint density at radius 2 is 1.77 bits per heavy atom. The van der Waals surface area contributed by atoms with Crippen LogP contribution in [0.2, 0.25) is 0 Å². The average Bonchev–Trinajstić information content (AvgIpc) is 3.10. The fraction of sp³-hybridized carbons (Fsp3) is 0.0476. The van der Waals surface area contributed by atoms with Crippen LogP contribution in [-0.4, -0.2) is 17.0 Å². The zero-order valence-electron chi connectivity index (χ0n) is 14.1. The van der Waals surface area contributed by atoms with E-state index in [-0.39, 0.29) is 5.70 Å². The molecule has 0 spiro atoms. The summed E-state index contributed by atoms with van der Waals surface area (Å²) in [6, 6.07) is 19.8. The molecule has 5 heteroatoms. The lowest BCUT2D eigenvalue weighted by Gasteiger charge is -2.06. The Morgan fingerprint density at radius 1 is 1.00 bits per heavy atom. The van der Waals surface area contributed by atoms with E-state index < -0.39 is 11.9 Å². The Morgan fingerprint density at radius 3 is 2.46 bits per heavy atom. The zero-order chi connectivity index (χ0) is 18.5. The van der Waals surface area contributed by atoms with Crippen LogP contribution in [0.3, 0.4) is 0 Å². The van der Waals surface area contributed by atoms with Crippen LogP contribution in [0.1, 0.15) is 21.7 Å². The van der Waals surface area contributed by atoms with Crippen LogP contribution < -0.4 is 5.32 Å². The topological polar surface area (TPSA) is 79.5 Å². The van der Waals surface area contributed by atoms with E-state index in [9.17, 15) is 14.7 Å².